The van der Waals surface area contributed by atoms with Crippen LogP contribution in [0, 0.1) is 0 Å². The van der Waals surface area contributed by atoms with Crippen LogP contribution in [-0.4, -0.2) is 26.0 Å². The predicted molar refractivity (Wildman–Crippen MR) is 70.5 cm³/mol. The van der Waals surface area contributed by atoms with Gasteiger partial charge in [0, 0.05) is 6.20 Å². The number of nitrogens with two attached hydrogens (primary N) is 1. The number of sulfonamides is 1. The topological polar surface area (TPSA) is 74.3 Å². The lowest BCUT2D eigenvalue weighted by molar-refractivity contribution is 0.128. The molecule has 110 valence electrons. The molecule has 0 aliphatic carbocycles. The quantitative estimate of drug-likeness (QED) is 0.917. The molecule has 0 fully saturated rings. The zero-order valence-corrected chi connectivity index (χ0v) is 11.5. The van der Waals surface area contributed by atoms with Crippen LogP contribution in [0.1, 0.15) is 6.92 Å². The lowest BCUT2D eigenvalue weighted by Gasteiger charge is -2.07. The molecular formula is C12H14F2N2O3S. The van der Waals surface area contributed by atoms with E-state index >= 15 is 0 Å². The molecule has 2 aromatic rings. The van der Waals surface area contributed by atoms with E-state index in [-0.39, 0.29) is 10.3 Å². The van der Waals surface area contributed by atoms with E-state index in [1.165, 1.54) is 4.57 Å². The van der Waals surface area contributed by atoms with Gasteiger partial charge in [0.05, 0.1) is 24.1 Å². The van der Waals surface area contributed by atoms with Gasteiger partial charge in [-0.3, -0.25) is 0 Å². The van der Waals surface area contributed by atoms with Gasteiger partial charge in [0.15, 0.2) is 0 Å². The molecular weight excluding hydrogens is 290 g/mol. The zero-order chi connectivity index (χ0) is 14.9. The molecule has 0 radical (unpaired) electrons. The van der Waals surface area contributed by atoms with E-state index in [9.17, 15) is 17.2 Å². The van der Waals surface area contributed by atoms with E-state index in [4.69, 9.17) is 9.88 Å². The van der Waals surface area contributed by atoms with Crippen molar-refractivity contribution in [3.63, 3.8) is 0 Å². The van der Waals surface area contributed by atoms with Crippen molar-refractivity contribution in [2.75, 3.05) is 6.61 Å². The zero-order valence-electron chi connectivity index (χ0n) is 10.7. The summed E-state index contributed by atoms with van der Waals surface area (Å²) in [6.07, 6.45) is -1.48. The van der Waals surface area contributed by atoms with Gasteiger partial charge in [0.1, 0.15) is 10.6 Å². The second kappa shape index (κ2) is 5.37. The second-order valence-corrected chi connectivity index (χ2v) is 5.69. The monoisotopic (exact) mass is 304 g/mol. The van der Waals surface area contributed by atoms with Gasteiger partial charge in [-0.15, -0.1) is 0 Å². The van der Waals surface area contributed by atoms with E-state index < -0.39 is 23.0 Å². The van der Waals surface area contributed by atoms with Crippen molar-refractivity contribution in [1.29, 1.82) is 0 Å². The van der Waals surface area contributed by atoms with Crippen LogP contribution in [0.25, 0.3) is 10.9 Å². The molecule has 1 heterocycles. The molecule has 1 aromatic carbocycles. The Hall–Kier alpha value is -1.67. The number of nitrogens with zero attached hydrogens (tertiary/aromatic N) is 1. The smallest absolute Gasteiger partial charge is 0.256 e. The molecule has 0 bridgehead atoms. The van der Waals surface area contributed by atoms with Crippen LogP contribution >= 0.6 is 0 Å². The van der Waals surface area contributed by atoms with Gasteiger partial charge < -0.3 is 9.30 Å². The van der Waals surface area contributed by atoms with Crippen molar-refractivity contribution < 1.29 is 21.9 Å². The van der Waals surface area contributed by atoms with Crippen molar-refractivity contribution in [3.05, 3.63) is 24.4 Å². The number of alkyl halides is 2. The van der Waals surface area contributed by atoms with Crippen LogP contribution in [0.4, 0.5) is 8.78 Å². The standard InChI is InChI=1S/C12H14F2N2O3S/c1-2-19-9-5-3-4-8-12(9)10(20(15,17)18)6-16(8)7-11(13)14/h3-6,11H,2,7H2,1H3,(H2,15,17,18). The van der Waals surface area contributed by atoms with Gasteiger partial charge in [0.25, 0.3) is 6.43 Å². The van der Waals surface area contributed by atoms with Crippen molar-refractivity contribution in [2.24, 2.45) is 5.14 Å². The van der Waals surface area contributed by atoms with E-state index in [0.29, 0.717) is 17.9 Å². The van der Waals surface area contributed by atoms with Crippen molar-refractivity contribution in [3.8, 4) is 5.75 Å². The minimum atomic E-state index is -4.03. The summed E-state index contributed by atoms with van der Waals surface area (Å²) in [4.78, 5) is -0.211. The molecule has 0 atom stereocenters. The van der Waals surface area contributed by atoms with Gasteiger partial charge in [0.2, 0.25) is 10.0 Å². The second-order valence-electron chi connectivity index (χ2n) is 4.17. The van der Waals surface area contributed by atoms with Gasteiger partial charge in [-0.1, -0.05) is 6.07 Å². The Bertz CT molecular complexity index is 726. The van der Waals surface area contributed by atoms with E-state index in [1.807, 2.05) is 0 Å². The molecule has 0 unspecified atom stereocenters. The summed E-state index contributed by atoms with van der Waals surface area (Å²) in [6.45, 7) is 1.45. The fourth-order valence-corrected chi connectivity index (χ4v) is 2.84. The van der Waals surface area contributed by atoms with Crippen LogP contribution in [0.2, 0.25) is 0 Å². The Labute approximate surface area is 115 Å². The molecule has 0 amide bonds. The number of halogens is 2. The van der Waals surface area contributed by atoms with Gasteiger partial charge in [-0.2, -0.15) is 0 Å². The average Bonchev–Trinajstić information content (AvgIpc) is 2.69. The molecule has 0 aliphatic rings. The summed E-state index contributed by atoms with van der Waals surface area (Å²) in [6, 6.07) is 4.74. The Morgan fingerprint density at radius 3 is 2.65 bits per heavy atom. The third-order valence-electron chi connectivity index (χ3n) is 2.77. The molecule has 8 heteroatoms. The maximum Gasteiger partial charge on any atom is 0.256 e. The molecule has 5 nitrogen and oxygen atoms in total. The van der Waals surface area contributed by atoms with E-state index in [1.54, 1.807) is 25.1 Å². The number of ether oxygens (including phenoxy) is 1. The number of aromatic nitrogens is 1. The minimum absolute atomic E-state index is 0.211. The van der Waals surface area contributed by atoms with Crippen LogP contribution in [-0.2, 0) is 16.6 Å². The summed E-state index contributed by atoms with van der Waals surface area (Å²) < 4.78 is 54.9. The molecule has 2 N–H and O–H groups in total. The fraction of sp³-hybridized carbons (Fsp3) is 0.333. The Kier molecular flexibility index (Phi) is 3.96. The molecule has 20 heavy (non-hydrogen) atoms. The highest BCUT2D eigenvalue weighted by Gasteiger charge is 2.21. The number of benzene rings is 1. The van der Waals surface area contributed by atoms with Gasteiger partial charge >= 0.3 is 0 Å². The summed E-state index contributed by atoms with van der Waals surface area (Å²) in [5, 5.41) is 5.38. The van der Waals surface area contributed by atoms with Crippen LogP contribution < -0.4 is 9.88 Å². The van der Waals surface area contributed by atoms with Gasteiger partial charge in [-0.25, -0.2) is 22.3 Å². The van der Waals surface area contributed by atoms with E-state index in [0.717, 1.165) is 6.20 Å². The molecule has 0 saturated carbocycles. The van der Waals surface area contributed by atoms with Crippen molar-refractivity contribution in [2.45, 2.75) is 24.8 Å². The third kappa shape index (κ3) is 2.75. The normalized spacial score (nSPS) is 12.2. The Morgan fingerprint density at radius 1 is 1.40 bits per heavy atom. The number of hydrogen-bond acceptors (Lipinski definition) is 3. The first kappa shape index (κ1) is 14.7. The number of hydrogen-bond donors (Lipinski definition) is 1. The average molecular weight is 304 g/mol. The minimum Gasteiger partial charge on any atom is -0.493 e. The largest absolute Gasteiger partial charge is 0.493 e. The summed E-state index contributed by atoms with van der Waals surface area (Å²) in [7, 11) is -4.03. The third-order valence-corrected chi connectivity index (χ3v) is 3.70. The van der Waals surface area contributed by atoms with Crippen molar-refractivity contribution in [1.82, 2.24) is 4.57 Å². The van der Waals surface area contributed by atoms with Gasteiger partial charge in [-0.05, 0) is 19.1 Å². The summed E-state index contributed by atoms with van der Waals surface area (Å²) in [5.74, 6) is 0.307. The maximum atomic E-state index is 12.6. The van der Waals surface area contributed by atoms with Crippen LogP contribution in [0.15, 0.2) is 29.3 Å². The van der Waals surface area contributed by atoms with Crippen LogP contribution in [0.3, 0.4) is 0 Å². The number of primary sulfonamides is 1. The maximum absolute atomic E-state index is 12.6. The fourth-order valence-electron chi connectivity index (χ4n) is 2.07. The molecule has 1 aromatic heterocycles. The lowest BCUT2D eigenvalue weighted by atomic mass is 10.2. The molecule has 0 saturated heterocycles. The molecule has 0 aliphatic heterocycles. The number of rotatable bonds is 5. The summed E-state index contributed by atoms with van der Waals surface area (Å²) in [5.41, 5.74) is 0.347. The lowest BCUT2D eigenvalue weighted by Crippen LogP contribution is -2.12. The first-order chi connectivity index (χ1) is 9.34. The predicted octanol–water partition coefficient (Wildman–Crippen LogP) is 1.95. The highest BCUT2D eigenvalue weighted by Crippen LogP contribution is 2.33. The number of fused-ring (bicyclic) bond motifs is 1. The highest BCUT2D eigenvalue weighted by molar-refractivity contribution is 7.89. The summed E-state index contributed by atoms with van der Waals surface area (Å²) >= 11 is 0. The Morgan fingerprint density at radius 2 is 2.10 bits per heavy atom. The first-order valence-electron chi connectivity index (χ1n) is 5.90. The molecule has 0 spiro atoms. The SMILES string of the molecule is CCOc1cccc2c1c(S(N)(=O)=O)cn2CC(F)F. The van der Waals surface area contributed by atoms with Crippen LogP contribution in [0.5, 0.6) is 5.75 Å². The highest BCUT2D eigenvalue weighted by atomic mass is 32.2. The van der Waals surface area contributed by atoms with Crippen molar-refractivity contribution >= 4 is 20.9 Å². The molecule has 2 rings (SSSR count). The first-order valence-corrected chi connectivity index (χ1v) is 7.44. The Balaban J connectivity index is 2.77. The van der Waals surface area contributed by atoms with E-state index in [2.05, 4.69) is 0 Å².